The first-order chi connectivity index (χ1) is 11.1. The lowest BCUT2D eigenvalue weighted by atomic mass is 10.1. The van der Waals surface area contributed by atoms with Gasteiger partial charge in [0.1, 0.15) is 30.2 Å². The molecule has 0 aliphatic carbocycles. The highest BCUT2D eigenvalue weighted by Gasteiger charge is 2.44. The highest BCUT2D eigenvalue weighted by atomic mass is 16.6. The predicted octanol–water partition coefficient (Wildman–Crippen LogP) is -2.03. The molecule has 2 aromatic rings. The van der Waals surface area contributed by atoms with E-state index in [-0.39, 0.29) is 5.82 Å². The minimum absolute atomic E-state index is 0.252. The van der Waals surface area contributed by atoms with E-state index in [2.05, 4.69) is 20.3 Å². The quantitative estimate of drug-likeness (QED) is 0.378. The van der Waals surface area contributed by atoms with E-state index >= 15 is 0 Å². The minimum Gasteiger partial charge on any atom is -0.387 e. The molecular weight excluding hydrogens is 302 g/mol. The SMILES string of the molecule is NCCCNC[C@H]1O[C@@H](n2cnc3c(N)ncnc32)C(O)C1O. The number of rotatable bonds is 6. The summed E-state index contributed by atoms with van der Waals surface area (Å²) in [5.41, 5.74) is 12.1. The van der Waals surface area contributed by atoms with Crippen LogP contribution in [0.15, 0.2) is 12.7 Å². The van der Waals surface area contributed by atoms with Crippen molar-refractivity contribution < 1.29 is 14.9 Å². The summed E-state index contributed by atoms with van der Waals surface area (Å²) in [5.74, 6) is 0.252. The van der Waals surface area contributed by atoms with E-state index in [0.717, 1.165) is 13.0 Å². The van der Waals surface area contributed by atoms with Crippen molar-refractivity contribution in [1.29, 1.82) is 0 Å². The first-order valence-electron chi connectivity index (χ1n) is 7.49. The Hall–Kier alpha value is -1.85. The molecule has 7 N–H and O–H groups in total. The van der Waals surface area contributed by atoms with Gasteiger partial charge in [-0.25, -0.2) is 15.0 Å². The number of nitrogens with two attached hydrogens (primary N) is 2. The Bertz CT molecular complexity index is 664. The summed E-state index contributed by atoms with van der Waals surface area (Å²) in [6.07, 6.45) is 0.193. The number of nitrogens with one attached hydrogen (secondary N) is 1. The molecule has 0 aromatic carbocycles. The average molecular weight is 323 g/mol. The van der Waals surface area contributed by atoms with Crippen LogP contribution in [-0.4, -0.2) is 67.7 Å². The fourth-order valence-corrected chi connectivity index (χ4v) is 2.66. The second-order valence-corrected chi connectivity index (χ2v) is 5.48. The molecule has 0 spiro atoms. The molecule has 0 saturated carbocycles. The number of aromatic nitrogens is 4. The fourth-order valence-electron chi connectivity index (χ4n) is 2.66. The van der Waals surface area contributed by atoms with Crippen LogP contribution in [0.25, 0.3) is 11.2 Å². The molecule has 0 bridgehead atoms. The summed E-state index contributed by atoms with van der Waals surface area (Å²) in [6, 6.07) is 0. The summed E-state index contributed by atoms with van der Waals surface area (Å²) in [6.45, 7) is 1.73. The highest BCUT2D eigenvalue weighted by Crippen LogP contribution is 2.31. The standard InChI is InChI=1S/C13H21N7O3/c14-2-1-3-16-4-7-9(21)10(22)13(23-7)20-6-19-8-11(15)17-5-18-12(8)20/h5-7,9-10,13,16,21-22H,1-4,14H2,(H2,15,17,18)/t7-,9?,10?,13-/m1/s1. The molecule has 1 fully saturated rings. The van der Waals surface area contributed by atoms with Crippen molar-refractivity contribution in [1.82, 2.24) is 24.8 Å². The summed E-state index contributed by atoms with van der Waals surface area (Å²) in [7, 11) is 0. The number of nitrogen functional groups attached to an aromatic ring is 1. The molecule has 4 atom stereocenters. The van der Waals surface area contributed by atoms with Crippen LogP contribution in [-0.2, 0) is 4.74 Å². The fraction of sp³-hybridized carbons (Fsp3) is 0.615. The van der Waals surface area contributed by atoms with Crippen LogP contribution in [0.1, 0.15) is 12.6 Å². The minimum atomic E-state index is -1.09. The van der Waals surface area contributed by atoms with E-state index in [4.69, 9.17) is 16.2 Å². The third-order valence-corrected chi connectivity index (χ3v) is 3.90. The second kappa shape index (κ2) is 6.72. The molecule has 126 valence electrons. The van der Waals surface area contributed by atoms with Crippen LogP contribution in [0.2, 0.25) is 0 Å². The van der Waals surface area contributed by atoms with Gasteiger partial charge in [0.15, 0.2) is 17.7 Å². The molecule has 23 heavy (non-hydrogen) atoms. The number of fused-ring (bicyclic) bond motifs is 1. The zero-order valence-corrected chi connectivity index (χ0v) is 12.5. The van der Waals surface area contributed by atoms with Gasteiger partial charge >= 0.3 is 0 Å². The van der Waals surface area contributed by atoms with E-state index < -0.39 is 24.5 Å². The molecule has 1 aliphatic rings. The van der Waals surface area contributed by atoms with Gasteiger partial charge in [-0.2, -0.15) is 0 Å². The van der Waals surface area contributed by atoms with E-state index in [9.17, 15) is 10.2 Å². The smallest absolute Gasteiger partial charge is 0.167 e. The monoisotopic (exact) mass is 323 g/mol. The van der Waals surface area contributed by atoms with Crippen molar-refractivity contribution in [3.05, 3.63) is 12.7 Å². The van der Waals surface area contributed by atoms with Gasteiger partial charge in [-0.15, -0.1) is 0 Å². The van der Waals surface area contributed by atoms with Crippen LogP contribution >= 0.6 is 0 Å². The summed E-state index contributed by atoms with van der Waals surface area (Å²) < 4.78 is 7.34. The predicted molar refractivity (Wildman–Crippen MR) is 82.2 cm³/mol. The topological polar surface area (TPSA) is 157 Å². The van der Waals surface area contributed by atoms with Gasteiger partial charge in [0.2, 0.25) is 0 Å². The van der Waals surface area contributed by atoms with E-state index in [0.29, 0.717) is 24.3 Å². The molecule has 3 heterocycles. The summed E-state index contributed by atoms with van der Waals surface area (Å²) >= 11 is 0. The number of aliphatic hydroxyl groups excluding tert-OH is 2. The van der Waals surface area contributed by atoms with Gasteiger partial charge in [-0.05, 0) is 19.5 Å². The average Bonchev–Trinajstić information content (AvgIpc) is 3.09. The van der Waals surface area contributed by atoms with Gasteiger partial charge in [-0.3, -0.25) is 4.57 Å². The number of anilines is 1. The Kier molecular flexibility index (Phi) is 4.68. The number of hydrogen-bond acceptors (Lipinski definition) is 9. The van der Waals surface area contributed by atoms with Crippen LogP contribution < -0.4 is 16.8 Å². The first kappa shape index (κ1) is 16.0. The third kappa shape index (κ3) is 2.99. The Labute approximate surface area is 132 Å². The van der Waals surface area contributed by atoms with Crippen LogP contribution in [0.3, 0.4) is 0 Å². The van der Waals surface area contributed by atoms with Gasteiger partial charge in [0, 0.05) is 6.54 Å². The lowest BCUT2D eigenvalue weighted by molar-refractivity contribution is -0.0341. The zero-order valence-electron chi connectivity index (χ0n) is 12.5. The van der Waals surface area contributed by atoms with Crippen molar-refractivity contribution in [2.24, 2.45) is 5.73 Å². The Morgan fingerprint density at radius 3 is 2.87 bits per heavy atom. The van der Waals surface area contributed by atoms with Crippen LogP contribution in [0.4, 0.5) is 5.82 Å². The molecule has 2 unspecified atom stereocenters. The van der Waals surface area contributed by atoms with Crippen molar-refractivity contribution in [3.63, 3.8) is 0 Å². The number of hydrogen-bond donors (Lipinski definition) is 5. The lowest BCUT2D eigenvalue weighted by Gasteiger charge is -2.16. The lowest BCUT2D eigenvalue weighted by Crippen LogP contribution is -2.38. The van der Waals surface area contributed by atoms with Crippen LogP contribution in [0, 0.1) is 0 Å². The maximum absolute atomic E-state index is 10.3. The normalized spacial score (nSPS) is 27.8. The van der Waals surface area contributed by atoms with Crippen molar-refractivity contribution in [3.8, 4) is 0 Å². The Morgan fingerprint density at radius 1 is 1.26 bits per heavy atom. The Morgan fingerprint density at radius 2 is 2.09 bits per heavy atom. The maximum atomic E-state index is 10.3. The van der Waals surface area contributed by atoms with Crippen molar-refractivity contribution in [2.75, 3.05) is 25.4 Å². The van der Waals surface area contributed by atoms with Gasteiger partial charge in [0.05, 0.1) is 6.33 Å². The van der Waals surface area contributed by atoms with E-state index in [1.165, 1.54) is 12.7 Å². The highest BCUT2D eigenvalue weighted by molar-refractivity contribution is 5.81. The molecular formula is C13H21N7O3. The summed E-state index contributed by atoms with van der Waals surface area (Å²) in [4.78, 5) is 12.1. The van der Waals surface area contributed by atoms with E-state index in [1.807, 2.05) is 0 Å². The second-order valence-electron chi connectivity index (χ2n) is 5.48. The number of aliphatic hydroxyl groups is 2. The van der Waals surface area contributed by atoms with E-state index in [1.54, 1.807) is 4.57 Å². The first-order valence-corrected chi connectivity index (χ1v) is 7.49. The van der Waals surface area contributed by atoms with Gasteiger partial charge < -0.3 is 31.7 Å². The molecule has 10 nitrogen and oxygen atoms in total. The third-order valence-electron chi connectivity index (χ3n) is 3.90. The number of nitrogens with zero attached hydrogens (tertiary/aromatic N) is 4. The van der Waals surface area contributed by atoms with Crippen molar-refractivity contribution in [2.45, 2.75) is 31.0 Å². The van der Waals surface area contributed by atoms with Crippen molar-refractivity contribution >= 4 is 17.0 Å². The maximum Gasteiger partial charge on any atom is 0.167 e. The molecule has 1 aliphatic heterocycles. The van der Waals surface area contributed by atoms with Gasteiger partial charge in [0.25, 0.3) is 0 Å². The van der Waals surface area contributed by atoms with Gasteiger partial charge in [-0.1, -0.05) is 0 Å². The zero-order chi connectivity index (χ0) is 16.4. The molecule has 0 radical (unpaired) electrons. The summed E-state index contributed by atoms with van der Waals surface area (Å²) in [5, 5.41) is 23.6. The molecule has 10 heteroatoms. The Balaban J connectivity index is 1.76. The van der Waals surface area contributed by atoms with Crippen LogP contribution in [0.5, 0.6) is 0 Å². The molecule has 3 rings (SSSR count). The molecule has 2 aromatic heterocycles. The largest absolute Gasteiger partial charge is 0.387 e. The molecule has 1 saturated heterocycles. The number of ether oxygens (including phenoxy) is 1. The molecule has 0 amide bonds. The number of imidazole rings is 1.